The summed E-state index contributed by atoms with van der Waals surface area (Å²) >= 11 is 0. The molecule has 12 heavy (non-hydrogen) atoms. The van der Waals surface area contributed by atoms with Gasteiger partial charge in [-0.15, -0.1) is 0 Å². The Morgan fingerprint density at radius 3 is 2.50 bits per heavy atom. The van der Waals surface area contributed by atoms with E-state index in [2.05, 4.69) is 0 Å². The fraction of sp³-hybridized carbons (Fsp3) is 0.333. The molecule has 1 aromatic rings. The van der Waals surface area contributed by atoms with E-state index in [4.69, 9.17) is 5.73 Å². The van der Waals surface area contributed by atoms with Crippen molar-refractivity contribution in [1.29, 1.82) is 0 Å². The van der Waals surface area contributed by atoms with Crippen molar-refractivity contribution in [3.8, 4) is 11.5 Å². The molecular weight excluding hydrogens is 154 g/mol. The molecule has 0 fully saturated rings. The second-order valence-corrected chi connectivity index (χ2v) is 2.81. The SMILES string of the molecule is Cc1cc(CCN)c(O)cc1O. The Balaban J connectivity index is 3.05. The summed E-state index contributed by atoms with van der Waals surface area (Å²) < 4.78 is 0. The van der Waals surface area contributed by atoms with E-state index in [0.29, 0.717) is 13.0 Å². The Hall–Kier alpha value is -1.22. The third kappa shape index (κ3) is 1.68. The average molecular weight is 167 g/mol. The molecule has 0 aliphatic carbocycles. The molecule has 66 valence electrons. The quantitative estimate of drug-likeness (QED) is 0.613. The maximum absolute atomic E-state index is 9.33. The monoisotopic (exact) mass is 167 g/mol. The summed E-state index contributed by atoms with van der Waals surface area (Å²) in [5, 5.41) is 18.5. The molecule has 0 saturated carbocycles. The zero-order valence-corrected chi connectivity index (χ0v) is 7.04. The number of phenolic OH excluding ortho intramolecular Hbond substituents is 2. The Kier molecular flexibility index (Phi) is 2.55. The normalized spacial score (nSPS) is 10.2. The van der Waals surface area contributed by atoms with Crippen LogP contribution in [0.15, 0.2) is 12.1 Å². The largest absolute Gasteiger partial charge is 0.508 e. The highest BCUT2D eigenvalue weighted by Crippen LogP contribution is 2.26. The number of phenols is 2. The van der Waals surface area contributed by atoms with Crippen LogP contribution in [-0.4, -0.2) is 16.8 Å². The van der Waals surface area contributed by atoms with Crippen molar-refractivity contribution in [1.82, 2.24) is 0 Å². The van der Waals surface area contributed by atoms with Crippen molar-refractivity contribution < 1.29 is 10.2 Å². The molecule has 0 radical (unpaired) electrons. The maximum atomic E-state index is 9.33. The highest BCUT2D eigenvalue weighted by Gasteiger charge is 2.04. The first-order chi connectivity index (χ1) is 5.65. The average Bonchev–Trinajstić information content (AvgIpc) is 2.01. The molecule has 3 nitrogen and oxygen atoms in total. The van der Waals surface area contributed by atoms with Crippen LogP contribution < -0.4 is 5.73 Å². The van der Waals surface area contributed by atoms with Crippen LogP contribution in [0.2, 0.25) is 0 Å². The van der Waals surface area contributed by atoms with Crippen LogP contribution in [0.25, 0.3) is 0 Å². The predicted octanol–water partition coefficient (Wildman–Crippen LogP) is 0.907. The van der Waals surface area contributed by atoms with Crippen molar-refractivity contribution in [3.05, 3.63) is 23.3 Å². The molecule has 0 heterocycles. The Morgan fingerprint density at radius 1 is 1.25 bits per heavy atom. The molecule has 1 aromatic carbocycles. The molecule has 4 N–H and O–H groups in total. The van der Waals surface area contributed by atoms with Crippen LogP contribution in [0, 0.1) is 6.92 Å². The molecule has 0 atom stereocenters. The summed E-state index contributed by atoms with van der Waals surface area (Å²) in [7, 11) is 0. The third-order valence-electron chi connectivity index (χ3n) is 1.81. The molecule has 0 unspecified atom stereocenters. The smallest absolute Gasteiger partial charge is 0.122 e. The van der Waals surface area contributed by atoms with Crippen LogP contribution >= 0.6 is 0 Å². The van der Waals surface area contributed by atoms with Gasteiger partial charge in [0.05, 0.1) is 0 Å². The minimum atomic E-state index is 0.114. The standard InChI is InChI=1S/C9H13NO2/c1-6-4-7(2-3-10)9(12)5-8(6)11/h4-5,11-12H,2-3,10H2,1H3. The lowest BCUT2D eigenvalue weighted by Crippen LogP contribution is -2.03. The van der Waals surface area contributed by atoms with Gasteiger partial charge >= 0.3 is 0 Å². The second kappa shape index (κ2) is 3.45. The van der Waals surface area contributed by atoms with Gasteiger partial charge in [0, 0.05) is 6.07 Å². The molecule has 0 amide bonds. The van der Waals surface area contributed by atoms with Gasteiger partial charge in [0.25, 0.3) is 0 Å². The number of hydrogen-bond donors (Lipinski definition) is 3. The summed E-state index contributed by atoms with van der Waals surface area (Å²) in [5.74, 6) is 0.233. The van der Waals surface area contributed by atoms with Gasteiger partial charge in [-0.2, -0.15) is 0 Å². The Morgan fingerprint density at radius 2 is 1.92 bits per heavy atom. The Bertz CT molecular complexity index is 284. The van der Waals surface area contributed by atoms with Crippen molar-refractivity contribution in [3.63, 3.8) is 0 Å². The highest BCUT2D eigenvalue weighted by molar-refractivity contribution is 5.44. The topological polar surface area (TPSA) is 66.5 Å². The fourth-order valence-electron chi connectivity index (χ4n) is 1.10. The summed E-state index contributed by atoms with van der Waals surface area (Å²) in [6, 6.07) is 3.10. The molecule has 0 spiro atoms. The van der Waals surface area contributed by atoms with E-state index in [-0.39, 0.29) is 11.5 Å². The van der Waals surface area contributed by atoms with E-state index in [1.54, 1.807) is 13.0 Å². The van der Waals surface area contributed by atoms with E-state index in [1.807, 2.05) is 0 Å². The van der Waals surface area contributed by atoms with Gasteiger partial charge in [-0.3, -0.25) is 0 Å². The second-order valence-electron chi connectivity index (χ2n) is 2.81. The molecule has 0 aliphatic rings. The van der Waals surface area contributed by atoms with Crippen molar-refractivity contribution in [2.75, 3.05) is 6.54 Å². The zero-order valence-electron chi connectivity index (χ0n) is 7.04. The number of nitrogens with two attached hydrogens (primary N) is 1. The van der Waals surface area contributed by atoms with Crippen LogP contribution in [0.1, 0.15) is 11.1 Å². The lowest BCUT2D eigenvalue weighted by atomic mass is 10.1. The van der Waals surface area contributed by atoms with E-state index < -0.39 is 0 Å². The molecule has 3 heteroatoms. The minimum Gasteiger partial charge on any atom is -0.508 e. The number of hydrogen-bond acceptors (Lipinski definition) is 3. The highest BCUT2D eigenvalue weighted by atomic mass is 16.3. The van der Waals surface area contributed by atoms with Crippen molar-refractivity contribution in [2.24, 2.45) is 5.73 Å². The summed E-state index contributed by atoms with van der Waals surface area (Å²) in [6.07, 6.45) is 0.632. The van der Waals surface area contributed by atoms with E-state index in [9.17, 15) is 10.2 Å². The van der Waals surface area contributed by atoms with Gasteiger partial charge in [0.2, 0.25) is 0 Å². The third-order valence-corrected chi connectivity index (χ3v) is 1.81. The summed E-state index contributed by atoms with van der Waals surface area (Å²) in [5.41, 5.74) is 6.89. The first-order valence-corrected chi connectivity index (χ1v) is 3.86. The lowest BCUT2D eigenvalue weighted by molar-refractivity contribution is 0.443. The van der Waals surface area contributed by atoms with Crippen LogP contribution in [-0.2, 0) is 6.42 Å². The minimum absolute atomic E-state index is 0.114. The first-order valence-electron chi connectivity index (χ1n) is 3.86. The van der Waals surface area contributed by atoms with Crippen LogP contribution in [0.5, 0.6) is 11.5 Å². The van der Waals surface area contributed by atoms with Gasteiger partial charge in [-0.25, -0.2) is 0 Å². The molecule has 0 aromatic heterocycles. The van der Waals surface area contributed by atoms with Gasteiger partial charge in [0.15, 0.2) is 0 Å². The number of benzene rings is 1. The van der Waals surface area contributed by atoms with Gasteiger partial charge in [-0.05, 0) is 37.1 Å². The van der Waals surface area contributed by atoms with E-state index in [0.717, 1.165) is 11.1 Å². The summed E-state index contributed by atoms with van der Waals surface area (Å²) in [6.45, 7) is 2.28. The van der Waals surface area contributed by atoms with E-state index in [1.165, 1.54) is 6.07 Å². The van der Waals surface area contributed by atoms with Gasteiger partial charge in [-0.1, -0.05) is 0 Å². The number of aromatic hydroxyl groups is 2. The Labute approximate surface area is 71.5 Å². The molecule has 0 aliphatic heterocycles. The maximum Gasteiger partial charge on any atom is 0.122 e. The lowest BCUT2D eigenvalue weighted by Gasteiger charge is -2.05. The first kappa shape index (κ1) is 8.87. The number of aryl methyl sites for hydroxylation is 1. The molecule has 1 rings (SSSR count). The van der Waals surface area contributed by atoms with Gasteiger partial charge in [0.1, 0.15) is 11.5 Å². The fourth-order valence-corrected chi connectivity index (χ4v) is 1.10. The summed E-state index contributed by atoms with van der Waals surface area (Å²) in [4.78, 5) is 0. The van der Waals surface area contributed by atoms with E-state index >= 15 is 0 Å². The molecule has 0 bridgehead atoms. The molecular formula is C9H13NO2. The van der Waals surface area contributed by atoms with Crippen LogP contribution in [0.4, 0.5) is 0 Å². The number of rotatable bonds is 2. The van der Waals surface area contributed by atoms with Crippen LogP contribution in [0.3, 0.4) is 0 Å². The molecule has 0 saturated heterocycles. The zero-order chi connectivity index (χ0) is 9.14. The van der Waals surface area contributed by atoms with Crippen molar-refractivity contribution in [2.45, 2.75) is 13.3 Å². The predicted molar refractivity (Wildman–Crippen MR) is 47.3 cm³/mol. The van der Waals surface area contributed by atoms with Gasteiger partial charge < -0.3 is 15.9 Å². The van der Waals surface area contributed by atoms with Crippen molar-refractivity contribution >= 4 is 0 Å².